The van der Waals surface area contributed by atoms with Gasteiger partial charge < -0.3 is 5.11 Å². The molecule has 100 valence electrons. The second-order valence-electron chi connectivity index (χ2n) is 3.68. The van der Waals surface area contributed by atoms with Crippen molar-refractivity contribution in [2.75, 3.05) is 0 Å². The number of aliphatic carboxylic acids is 1. The van der Waals surface area contributed by atoms with Crippen LogP contribution >= 0.6 is 0 Å². The fourth-order valence-electron chi connectivity index (χ4n) is 1.38. The molecule has 0 saturated carbocycles. The molecule has 5 heteroatoms. The second kappa shape index (κ2) is 7.43. The largest absolute Gasteiger partial charge is 0.478 e. The summed E-state index contributed by atoms with van der Waals surface area (Å²) in [6, 6.07) is 8.29. The van der Waals surface area contributed by atoms with Crippen LogP contribution in [0.1, 0.15) is 12.8 Å². The maximum absolute atomic E-state index is 12.2. The zero-order valence-corrected chi connectivity index (χ0v) is 11.1. The smallest absolute Gasteiger partial charge is 0.329 e. The molecule has 1 atom stereocenters. The highest BCUT2D eigenvalue weighted by molar-refractivity contribution is 7.90. The molecule has 0 bridgehead atoms. The molecule has 4 nitrogen and oxygen atoms in total. The molecule has 0 radical (unpaired) electrons. The lowest BCUT2D eigenvalue weighted by Gasteiger charge is -2.05. The first-order chi connectivity index (χ1) is 9.06. The van der Waals surface area contributed by atoms with E-state index in [1.807, 2.05) is 0 Å². The van der Waals surface area contributed by atoms with Crippen molar-refractivity contribution in [1.29, 1.82) is 0 Å². The van der Waals surface area contributed by atoms with Crippen LogP contribution in [0.25, 0.3) is 0 Å². The van der Waals surface area contributed by atoms with Gasteiger partial charge in [0.25, 0.3) is 0 Å². The van der Waals surface area contributed by atoms with Crippen LogP contribution in [-0.4, -0.2) is 21.1 Å². The number of carbonyl (C=O) groups excluding carboxylic acids is 1. The van der Waals surface area contributed by atoms with E-state index in [1.165, 1.54) is 0 Å². The quantitative estimate of drug-likeness (QED) is 0.613. The van der Waals surface area contributed by atoms with Gasteiger partial charge in [-0.3, -0.25) is 4.79 Å². The maximum Gasteiger partial charge on any atom is 0.329 e. The first-order valence-corrected chi connectivity index (χ1v) is 6.76. The van der Waals surface area contributed by atoms with Crippen molar-refractivity contribution in [2.45, 2.75) is 17.7 Å². The summed E-state index contributed by atoms with van der Waals surface area (Å²) in [5.41, 5.74) is 0. The number of benzene rings is 1. The minimum atomic E-state index is -1.78. The Morgan fingerprint density at radius 1 is 1.26 bits per heavy atom. The molecule has 0 fully saturated rings. The second-order valence-corrected chi connectivity index (χ2v) is 5.13. The third-order valence-corrected chi connectivity index (χ3v) is 3.71. The summed E-state index contributed by atoms with van der Waals surface area (Å²) >= 11 is 0. The highest BCUT2D eigenvalue weighted by Gasteiger charge is 2.19. The number of Topliss-reactive ketones (excluding diaryl/α,β-unsaturated/α-hetero) is 1. The number of ketones is 1. The minimum Gasteiger partial charge on any atom is -0.478 e. The van der Waals surface area contributed by atoms with Gasteiger partial charge in [0.15, 0.2) is 5.78 Å². The molecule has 1 unspecified atom stereocenters. The average molecular weight is 278 g/mol. The third kappa shape index (κ3) is 4.63. The van der Waals surface area contributed by atoms with Gasteiger partial charge in [-0.25, -0.2) is 9.00 Å². The van der Waals surface area contributed by atoms with Gasteiger partial charge in [0.2, 0.25) is 0 Å². The van der Waals surface area contributed by atoms with E-state index in [9.17, 15) is 13.8 Å². The monoisotopic (exact) mass is 278 g/mol. The van der Waals surface area contributed by atoms with Gasteiger partial charge in [0.1, 0.15) is 0 Å². The van der Waals surface area contributed by atoms with E-state index < -0.39 is 22.6 Å². The molecular formula is C14H14O4S. The molecule has 19 heavy (non-hydrogen) atoms. The zero-order chi connectivity index (χ0) is 14.3. The van der Waals surface area contributed by atoms with E-state index in [0.717, 1.165) is 0 Å². The van der Waals surface area contributed by atoms with Gasteiger partial charge in [-0.05, 0) is 18.6 Å². The van der Waals surface area contributed by atoms with E-state index in [0.29, 0.717) is 17.4 Å². The molecule has 0 amide bonds. The average Bonchev–Trinajstić information content (AvgIpc) is 2.42. The molecule has 0 saturated heterocycles. The third-order valence-electron chi connectivity index (χ3n) is 2.26. The molecule has 1 aromatic carbocycles. The Labute approximate surface area is 113 Å². The van der Waals surface area contributed by atoms with Crippen LogP contribution in [0, 0.1) is 0 Å². The van der Waals surface area contributed by atoms with E-state index in [4.69, 9.17) is 5.11 Å². The minimum absolute atomic E-state index is 0.0984. The van der Waals surface area contributed by atoms with Crippen molar-refractivity contribution in [3.63, 3.8) is 0 Å². The Balaban J connectivity index is 3.05. The Morgan fingerprint density at radius 3 is 2.42 bits per heavy atom. The Morgan fingerprint density at radius 2 is 1.89 bits per heavy atom. The van der Waals surface area contributed by atoms with Gasteiger partial charge in [0.05, 0.1) is 15.7 Å². The molecule has 0 aliphatic heterocycles. The van der Waals surface area contributed by atoms with Crippen molar-refractivity contribution in [1.82, 2.24) is 0 Å². The molecule has 0 aromatic heterocycles. The predicted molar refractivity (Wildman–Crippen MR) is 73.0 cm³/mol. The summed E-state index contributed by atoms with van der Waals surface area (Å²) in [5.74, 6) is -1.73. The standard InChI is InChI=1S/C14H14O4S/c1-2-3-9-12(15)13(10-14(16)17)19(18)11-7-5-4-6-8-11/h2,4-8,10H,1,3,9H2,(H,16,17). The van der Waals surface area contributed by atoms with Crippen LogP contribution in [0.2, 0.25) is 0 Å². The van der Waals surface area contributed by atoms with E-state index in [-0.39, 0.29) is 11.3 Å². The van der Waals surface area contributed by atoms with Crippen molar-refractivity contribution >= 4 is 22.6 Å². The number of carboxylic acids is 1. The van der Waals surface area contributed by atoms with Crippen LogP contribution in [0.4, 0.5) is 0 Å². The van der Waals surface area contributed by atoms with Gasteiger partial charge in [-0.2, -0.15) is 0 Å². The number of allylic oxidation sites excluding steroid dienone is 2. The fourth-order valence-corrected chi connectivity index (χ4v) is 2.55. The summed E-state index contributed by atoms with van der Waals surface area (Å²) in [7, 11) is -1.78. The maximum atomic E-state index is 12.2. The number of carboxylic acid groups (broad SMARTS) is 1. The van der Waals surface area contributed by atoms with Crippen LogP contribution in [0.5, 0.6) is 0 Å². The topological polar surface area (TPSA) is 71.4 Å². The van der Waals surface area contributed by atoms with Gasteiger partial charge in [-0.1, -0.05) is 24.3 Å². The predicted octanol–water partition coefficient (Wildman–Crippen LogP) is 2.30. The molecule has 0 aliphatic carbocycles. The summed E-state index contributed by atoms with van der Waals surface area (Å²) in [6.45, 7) is 3.49. The molecule has 1 aromatic rings. The number of carbonyl (C=O) groups is 2. The molecular weight excluding hydrogens is 264 g/mol. The summed E-state index contributed by atoms with van der Waals surface area (Å²) in [5, 5.41) is 8.77. The Hall–Kier alpha value is -2.01. The summed E-state index contributed by atoms with van der Waals surface area (Å²) < 4.78 is 12.2. The molecule has 0 spiro atoms. The van der Waals surface area contributed by atoms with Crippen LogP contribution in [-0.2, 0) is 20.4 Å². The van der Waals surface area contributed by atoms with E-state index in [1.54, 1.807) is 36.4 Å². The number of hydrogen-bond donors (Lipinski definition) is 1. The Bertz CT molecular complexity index is 532. The lowest BCUT2D eigenvalue weighted by atomic mass is 10.2. The van der Waals surface area contributed by atoms with Crippen molar-refractivity contribution in [3.8, 4) is 0 Å². The van der Waals surface area contributed by atoms with Crippen molar-refractivity contribution in [3.05, 3.63) is 54.0 Å². The van der Waals surface area contributed by atoms with Gasteiger partial charge in [0, 0.05) is 17.4 Å². The SMILES string of the molecule is C=CCCC(=O)C(=CC(=O)O)S(=O)c1ccccc1. The number of rotatable bonds is 7. The van der Waals surface area contributed by atoms with Crippen LogP contribution in [0.15, 0.2) is 58.9 Å². The molecule has 0 heterocycles. The summed E-state index contributed by atoms with van der Waals surface area (Å²) in [4.78, 5) is 22.8. The normalized spacial score (nSPS) is 12.7. The Kier molecular flexibility index (Phi) is 5.89. The highest BCUT2D eigenvalue weighted by atomic mass is 32.2. The van der Waals surface area contributed by atoms with Gasteiger partial charge >= 0.3 is 5.97 Å². The molecule has 1 N–H and O–H groups in total. The highest BCUT2D eigenvalue weighted by Crippen LogP contribution is 2.17. The number of hydrogen-bond acceptors (Lipinski definition) is 3. The van der Waals surface area contributed by atoms with Crippen molar-refractivity contribution in [2.24, 2.45) is 0 Å². The molecule has 1 rings (SSSR count). The fraction of sp³-hybridized carbons (Fsp3) is 0.143. The lowest BCUT2D eigenvalue weighted by Crippen LogP contribution is -2.10. The molecule has 0 aliphatic rings. The van der Waals surface area contributed by atoms with E-state index in [2.05, 4.69) is 6.58 Å². The first-order valence-electron chi connectivity index (χ1n) is 5.61. The van der Waals surface area contributed by atoms with Crippen LogP contribution < -0.4 is 0 Å². The van der Waals surface area contributed by atoms with E-state index >= 15 is 0 Å². The first kappa shape index (κ1) is 15.0. The lowest BCUT2D eigenvalue weighted by molar-refractivity contribution is -0.131. The van der Waals surface area contributed by atoms with Gasteiger partial charge in [-0.15, -0.1) is 6.58 Å². The van der Waals surface area contributed by atoms with Crippen molar-refractivity contribution < 1.29 is 18.9 Å². The zero-order valence-electron chi connectivity index (χ0n) is 10.2. The van der Waals surface area contributed by atoms with Crippen LogP contribution in [0.3, 0.4) is 0 Å². The summed E-state index contributed by atoms with van der Waals surface area (Å²) in [6.07, 6.45) is 2.79.